The van der Waals surface area contributed by atoms with E-state index in [-0.39, 0.29) is 11.9 Å². The number of para-hydroxylation sites is 1. The maximum Gasteiger partial charge on any atom is 0.308 e. The first-order valence-electron chi connectivity index (χ1n) is 15.1. The lowest BCUT2D eigenvalue weighted by atomic mass is 10.0. The van der Waals surface area contributed by atoms with E-state index in [1.54, 1.807) is 0 Å². The maximum absolute atomic E-state index is 12.5. The smallest absolute Gasteiger partial charge is 0.308 e. The number of aryl methyl sites for hydroxylation is 1. The Labute approximate surface area is 233 Å². The van der Waals surface area contributed by atoms with Gasteiger partial charge in [0.2, 0.25) is 0 Å². The fraction of sp³-hybridized carbons (Fsp3) is 0.618. The molecule has 0 saturated heterocycles. The van der Waals surface area contributed by atoms with E-state index in [0.717, 1.165) is 36.2 Å². The lowest BCUT2D eigenvalue weighted by molar-refractivity contribution is -0.904. The van der Waals surface area contributed by atoms with E-state index in [0.29, 0.717) is 19.6 Å². The van der Waals surface area contributed by atoms with Crippen LogP contribution in [0.1, 0.15) is 95.6 Å². The molecule has 0 bridgehead atoms. The minimum absolute atomic E-state index is 0.0961. The predicted octanol–water partition coefficient (Wildman–Crippen LogP) is 8.37. The van der Waals surface area contributed by atoms with Gasteiger partial charge in [0.25, 0.3) is 0 Å². The van der Waals surface area contributed by atoms with E-state index in [2.05, 4.69) is 63.5 Å². The van der Waals surface area contributed by atoms with Crippen molar-refractivity contribution < 1.29 is 18.8 Å². The van der Waals surface area contributed by atoms with Crippen LogP contribution in [0.15, 0.2) is 54.6 Å². The molecular formula is C34H54NO3+. The summed E-state index contributed by atoms with van der Waals surface area (Å²) in [5.74, 6) is 0.779. The molecule has 0 spiro atoms. The molecule has 0 aliphatic rings. The number of carbonyl (C=O) groups is 1. The van der Waals surface area contributed by atoms with E-state index >= 15 is 0 Å². The number of hydrogen-bond donors (Lipinski definition) is 0. The average Bonchev–Trinajstić information content (AvgIpc) is 2.91. The second kappa shape index (κ2) is 18.8. The van der Waals surface area contributed by atoms with Crippen molar-refractivity contribution in [3.63, 3.8) is 0 Å². The molecular weight excluding hydrogens is 470 g/mol. The molecule has 0 aromatic heterocycles. The van der Waals surface area contributed by atoms with Crippen molar-refractivity contribution in [3.05, 3.63) is 65.7 Å². The molecule has 2 aromatic rings. The fourth-order valence-electron chi connectivity index (χ4n) is 4.85. The summed E-state index contributed by atoms with van der Waals surface area (Å²) in [7, 11) is 4.44. The van der Waals surface area contributed by atoms with Gasteiger partial charge in [-0.3, -0.25) is 4.79 Å². The normalized spacial score (nSPS) is 12.3. The summed E-state index contributed by atoms with van der Waals surface area (Å²) in [5, 5.41) is 0. The van der Waals surface area contributed by atoms with Gasteiger partial charge in [0.05, 0.1) is 39.8 Å². The largest absolute Gasteiger partial charge is 0.493 e. The molecule has 0 aliphatic heterocycles. The van der Waals surface area contributed by atoms with Crippen LogP contribution in [0.5, 0.6) is 5.75 Å². The third-order valence-corrected chi connectivity index (χ3v) is 7.34. The van der Waals surface area contributed by atoms with E-state index in [9.17, 15) is 4.79 Å². The highest BCUT2D eigenvalue weighted by atomic mass is 16.5. The summed E-state index contributed by atoms with van der Waals surface area (Å²) in [4.78, 5) is 12.5. The number of hydrogen-bond acceptors (Lipinski definition) is 3. The van der Waals surface area contributed by atoms with Crippen LogP contribution in [0, 0.1) is 5.92 Å². The van der Waals surface area contributed by atoms with Gasteiger partial charge in [0.15, 0.2) is 0 Å². The molecule has 0 N–H and O–H groups in total. The number of rotatable bonds is 21. The molecule has 4 nitrogen and oxygen atoms in total. The molecule has 2 rings (SSSR count). The molecule has 1 unspecified atom stereocenters. The first kappa shape index (κ1) is 31.9. The van der Waals surface area contributed by atoms with Crippen molar-refractivity contribution in [2.45, 2.75) is 97.4 Å². The van der Waals surface area contributed by atoms with Gasteiger partial charge in [-0.25, -0.2) is 0 Å². The van der Waals surface area contributed by atoms with Crippen LogP contribution in [-0.4, -0.2) is 44.3 Å². The standard InChI is InChI=1S/C34H54NO3/c1-5-6-7-8-9-10-11-12-16-22-32-23-17-18-24-33(32)37-27-19-28-38-34(36)30(2)25-26-35(3,4)29-31-20-14-13-15-21-31/h13-15,17-18,20-21,23-24,30H,5-12,16,19,22,25-29H2,1-4H3/q+1. The third-order valence-electron chi connectivity index (χ3n) is 7.34. The third kappa shape index (κ3) is 14.0. The SMILES string of the molecule is CCCCCCCCCCCc1ccccc1OCCCOC(=O)C(C)CC[N+](C)(C)Cc1ccccc1. The second-order valence-corrected chi connectivity index (χ2v) is 11.5. The van der Waals surface area contributed by atoms with Crippen LogP contribution in [-0.2, 0) is 22.5 Å². The minimum Gasteiger partial charge on any atom is -0.493 e. The van der Waals surface area contributed by atoms with Gasteiger partial charge in [-0.05, 0) is 24.5 Å². The summed E-state index contributed by atoms with van der Waals surface area (Å²) >= 11 is 0. The van der Waals surface area contributed by atoms with E-state index < -0.39 is 0 Å². The summed E-state index contributed by atoms with van der Waals surface area (Å²) in [6.45, 7) is 7.12. The van der Waals surface area contributed by atoms with Gasteiger partial charge in [0, 0.05) is 18.4 Å². The topological polar surface area (TPSA) is 35.5 Å². The summed E-state index contributed by atoms with van der Waals surface area (Å²) in [5.41, 5.74) is 2.61. The van der Waals surface area contributed by atoms with Gasteiger partial charge in [-0.2, -0.15) is 0 Å². The highest BCUT2D eigenvalue weighted by Gasteiger charge is 2.21. The van der Waals surface area contributed by atoms with Crippen LogP contribution in [0.25, 0.3) is 0 Å². The number of benzene rings is 2. The maximum atomic E-state index is 12.5. The Bertz CT molecular complexity index is 880. The van der Waals surface area contributed by atoms with E-state index in [4.69, 9.17) is 9.47 Å². The molecule has 38 heavy (non-hydrogen) atoms. The number of quaternary nitrogens is 1. The number of ether oxygens (including phenoxy) is 2. The quantitative estimate of drug-likeness (QED) is 0.0934. The van der Waals surface area contributed by atoms with Crippen molar-refractivity contribution in [2.24, 2.45) is 5.92 Å². The Morgan fingerprint density at radius 3 is 2.13 bits per heavy atom. The van der Waals surface area contributed by atoms with Crippen LogP contribution in [0.2, 0.25) is 0 Å². The van der Waals surface area contributed by atoms with Crippen molar-refractivity contribution in [1.82, 2.24) is 0 Å². The lowest BCUT2D eigenvalue weighted by Crippen LogP contribution is -2.40. The van der Waals surface area contributed by atoms with Crippen LogP contribution >= 0.6 is 0 Å². The zero-order valence-electron chi connectivity index (χ0n) is 24.8. The number of nitrogens with zero attached hydrogens (tertiary/aromatic N) is 1. The van der Waals surface area contributed by atoms with Crippen LogP contribution in [0.3, 0.4) is 0 Å². The molecule has 0 saturated carbocycles. The summed E-state index contributed by atoms with van der Waals surface area (Å²) in [6, 6.07) is 18.9. The fourth-order valence-corrected chi connectivity index (χ4v) is 4.85. The predicted molar refractivity (Wildman–Crippen MR) is 159 cm³/mol. The Hall–Kier alpha value is -2.33. The van der Waals surface area contributed by atoms with Gasteiger partial charge in [-0.1, -0.05) is 114 Å². The second-order valence-electron chi connectivity index (χ2n) is 11.5. The van der Waals surface area contributed by atoms with Crippen molar-refractivity contribution in [1.29, 1.82) is 0 Å². The Kier molecular flexibility index (Phi) is 15.8. The van der Waals surface area contributed by atoms with Crippen molar-refractivity contribution in [2.75, 3.05) is 33.9 Å². The average molecular weight is 525 g/mol. The van der Waals surface area contributed by atoms with Crippen LogP contribution < -0.4 is 4.74 Å². The Morgan fingerprint density at radius 2 is 1.42 bits per heavy atom. The molecule has 4 heteroatoms. The first-order valence-corrected chi connectivity index (χ1v) is 15.1. The number of esters is 1. The molecule has 0 heterocycles. The van der Waals surface area contributed by atoms with E-state index in [1.165, 1.54) is 68.9 Å². The first-order chi connectivity index (χ1) is 18.4. The molecule has 212 valence electrons. The van der Waals surface area contributed by atoms with Crippen molar-refractivity contribution >= 4 is 5.97 Å². The number of carbonyl (C=O) groups excluding carboxylic acids is 1. The summed E-state index contributed by atoms with van der Waals surface area (Å²) < 4.78 is 12.5. The molecule has 2 aromatic carbocycles. The molecule has 0 fully saturated rings. The molecule has 1 atom stereocenters. The Morgan fingerprint density at radius 1 is 0.789 bits per heavy atom. The highest BCUT2D eigenvalue weighted by molar-refractivity contribution is 5.71. The van der Waals surface area contributed by atoms with Gasteiger partial charge < -0.3 is 14.0 Å². The molecule has 0 radical (unpaired) electrons. The number of unbranched alkanes of at least 4 members (excludes halogenated alkanes) is 8. The molecule has 0 amide bonds. The van der Waals surface area contributed by atoms with E-state index in [1.807, 2.05) is 19.1 Å². The van der Waals surface area contributed by atoms with Gasteiger partial charge in [0.1, 0.15) is 12.3 Å². The minimum atomic E-state index is -0.101. The van der Waals surface area contributed by atoms with Gasteiger partial charge in [-0.15, -0.1) is 0 Å². The van der Waals surface area contributed by atoms with Gasteiger partial charge >= 0.3 is 5.97 Å². The Balaban J connectivity index is 1.58. The zero-order chi connectivity index (χ0) is 27.5. The zero-order valence-corrected chi connectivity index (χ0v) is 24.8. The lowest BCUT2D eigenvalue weighted by Gasteiger charge is -2.30. The van der Waals surface area contributed by atoms with Crippen molar-refractivity contribution in [3.8, 4) is 5.75 Å². The summed E-state index contributed by atoms with van der Waals surface area (Å²) in [6.07, 6.45) is 14.7. The highest BCUT2D eigenvalue weighted by Crippen LogP contribution is 2.21. The molecule has 0 aliphatic carbocycles. The van der Waals surface area contributed by atoms with Crippen LogP contribution in [0.4, 0.5) is 0 Å². The monoisotopic (exact) mass is 524 g/mol.